The Balaban J connectivity index is 1.54. The monoisotopic (exact) mass is 521 g/mol. The van der Waals surface area contributed by atoms with Gasteiger partial charge in [-0.2, -0.15) is 5.10 Å². The molecule has 0 aliphatic heterocycles. The summed E-state index contributed by atoms with van der Waals surface area (Å²) in [4.78, 5) is 12.6. The summed E-state index contributed by atoms with van der Waals surface area (Å²) in [6, 6.07) is 21.5. The zero-order valence-electron chi connectivity index (χ0n) is 19.7. The van der Waals surface area contributed by atoms with E-state index < -0.39 is 0 Å². The summed E-state index contributed by atoms with van der Waals surface area (Å²) >= 11 is 7.34. The van der Waals surface area contributed by atoms with Crippen molar-refractivity contribution in [3.05, 3.63) is 83.4 Å². The van der Waals surface area contributed by atoms with Crippen LogP contribution in [0.2, 0.25) is 5.02 Å². The van der Waals surface area contributed by atoms with Crippen LogP contribution in [0.15, 0.2) is 83.1 Å². The second-order valence-corrected chi connectivity index (χ2v) is 9.01. The van der Waals surface area contributed by atoms with Crippen LogP contribution in [0.5, 0.6) is 11.5 Å². The van der Waals surface area contributed by atoms with Gasteiger partial charge in [-0.25, -0.2) is 5.43 Å². The van der Waals surface area contributed by atoms with Gasteiger partial charge >= 0.3 is 0 Å². The molecule has 0 aliphatic carbocycles. The molecule has 0 saturated heterocycles. The number of aromatic nitrogens is 3. The third-order valence-electron chi connectivity index (χ3n) is 5.25. The summed E-state index contributed by atoms with van der Waals surface area (Å²) in [5, 5.41) is 23.7. The van der Waals surface area contributed by atoms with E-state index in [1.54, 1.807) is 43.5 Å². The Morgan fingerprint density at radius 2 is 1.75 bits per heavy atom. The van der Waals surface area contributed by atoms with E-state index >= 15 is 0 Å². The molecule has 0 fully saturated rings. The maximum atomic E-state index is 12.6. The van der Waals surface area contributed by atoms with Gasteiger partial charge in [-0.3, -0.25) is 9.36 Å². The van der Waals surface area contributed by atoms with Crippen LogP contribution in [0.1, 0.15) is 18.9 Å². The van der Waals surface area contributed by atoms with Gasteiger partial charge in [-0.05, 0) is 84.8 Å². The van der Waals surface area contributed by atoms with Crippen LogP contribution in [-0.4, -0.2) is 44.4 Å². The van der Waals surface area contributed by atoms with Gasteiger partial charge < -0.3 is 9.84 Å². The molecule has 0 atom stereocenters. The molecule has 8 nitrogen and oxygen atoms in total. The zero-order chi connectivity index (χ0) is 25.5. The number of hydrogen-bond acceptors (Lipinski definition) is 7. The molecule has 0 unspecified atom stereocenters. The fraction of sp³-hybridized carbons (Fsp3) is 0.154. The van der Waals surface area contributed by atoms with Crippen LogP contribution in [0.4, 0.5) is 0 Å². The molecular formula is C26H24ClN5O3S. The van der Waals surface area contributed by atoms with E-state index in [1.807, 2.05) is 47.9 Å². The minimum atomic E-state index is -0.276. The Morgan fingerprint density at radius 3 is 2.39 bits per heavy atom. The average Bonchev–Trinajstić information content (AvgIpc) is 3.33. The van der Waals surface area contributed by atoms with Crippen molar-refractivity contribution in [1.82, 2.24) is 20.2 Å². The van der Waals surface area contributed by atoms with E-state index in [1.165, 1.54) is 11.8 Å². The number of carbonyl (C=O) groups excluding carboxylic acids is 1. The van der Waals surface area contributed by atoms with E-state index in [4.69, 9.17) is 16.3 Å². The van der Waals surface area contributed by atoms with E-state index in [0.29, 0.717) is 28.1 Å². The zero-order valence-corrected chi connectivity index (χ0v) is 21.3. The number of phenolic OH excluding ortho intramolecular Hbond substituents is 1. The number of hydrogen-bond donors (Lipinski definition) is 2. The van der Waals surface area contributed by atoms with Crippen molar-refractivity contribution in [1.29, 1.82) is 0 Å². The Labute approximate surface area is 218 Å². The molecular weight excluding hydrogens is 498 g/mol. The summed E-state index contributed by atoms with van der Waals surface area (Å²) in [6.07, 6.45) is 0.619. The van der Waals surface area contributed by atoms with Gasteiger partial charge in [0, 0.05) is 16.3 Å². The van der Waals surface area contributed by atoms with Gasteiger partial charge in [-0.15, -0.1) is 10.2 Å². The van der Waals surface area contributed by atoms with Crippen molar-refractivity contribution in [2.45, 2.75) is 18.5 Å². The molecule has 2 N–H and O–H groups in total. The number of benzene rings is 3. The molecule has 1 amide bonds. The van der Waals surface area contributed by atoms with Gasteiger partial charge in [-0.1, -0.05) is 30.3 Å². The number of hydrazone groups is 1. The Kier molecular flexibility index (Phi) is 8.24. The van der Waals surface area contributed by atoms with Crippen molar-refractivity contribution >= 4 is 35.0 Å². The molecule has 184 valence electrons. The molecule has 0 radical (unpaired) electrons. The maximum Gasteiger partial charge on any atom is 0.250 e. The van der Waals surface area contributed by atoms with Crippen LogP contribution in [0.25, 0.3) is 17.1 Å². The molecule has 1 aromatic heterocycles. The molecule has 0 spiro atoms. The summed E-state index contributed by atoms with van der Waals surface area (Å²) in [5.41, 5.74) is 5.81. The first-order valence-electron chi connectivity index (χ1n) is 11.1. The number of thioether (sulfide) groups is 1. The largest absolute Gasteiger partial charge is 0.508 e. The van der Waals surface area contributed by atoms with Crippen LogP contribution in [-0.2, 0) is 4.79 Å². The van der Waals surface area contributed by atoms with Gasteiger partial charge in [0.2, 0.25) is 0 Å². The third-order valence-corrected chi connectivity index (χ3v) is 6.43. The quantitative estimate of drug-likeness (QED) is 0.175. The summed E-state index contributed by atoms with van der Waals surface area (Å²) < 4.78 is 7.14. The van der Waals surface area contributed by atoms with E-state index in [9.17, 15) is 9.90 Å². The fourth-order valence-corrected chi connectivity index (χ4v) is 4.28. The van der Waals surface area contributed by atoms with Gasteiger partial charge in [0.05, 0.1) is 18.6 Å². The lowest BCUT2D eigenvalue weighted by molar-refractivity contribution is -0.118. The number of halogens is 1. The predicted octanol–water partition coefficient (Wildman–Crippen LogP) is 5.32. The smallest absolute Gasteiger partial charge is 0.250 e. The number of phenols is 1. The first-order chi connectivity index (χ1) is 17.5. The molecule has 3 aromatic carbocycles. The number of amides is 1. The topological polar surface area (TPSA) is 102 Å². The van der Waals surface area contributed by atoms with Crippen LogP contribution < -0.4 is 10.2 Å². The van der Waals surface area contributed by atoms with Crippen molar-refractivity contribution < 1.29 is 14.6 Å². The van der Waals surface area contributed by atoms with Crippen molar-refractivity contribution in [2.75, 3.05) is 12.9 Å². The number of aromatic hydroxyl groups is 1. The van der Waals surface area contributed by atoms with Crippen LogP contribution >= 0.6 is 23.4 Å². The van der Waals surface area contributed by atoms with E-state index in [0.717, 1.165) is 22.6 Å². The Hall–Kier alpha value is -3.82. The highest BCUT2D eigenvalue weighted by Gasteiger charge is 2.17. The average molecular weight is 522 g/mol. The maximum absolute atomic E-state index is 12.6. The molecule has 0 bridgehead atoms. The Morgan fingerprint density at radius 1 is 1.06 bits per heavy atom. The number of carbonyl (C=O) groups is 1. The molecule has 10 heteroatoms. The summed E-state index contributed by atoms with van der Waals surface area (Å²) in [5.74, 6) is 1.35. The minimum absolute atomic E-state index is 0.0877. The number of methoxy groups -OCH3 is 1. The lowest BCUT2D eigenvalue weighted by Crippen LogP contribution is -2.22. The standard InChI is InChI=1S/C26H24ClN5O3S/c1-3-23(17-4-12-21(33)13-5-17)28-29-24(34)16-36-26-31-30-25(18-6-14-22(35-2)15-7-18)32(26)20-10-8-19(27)9-11-20/h4-15,33H,3,16H2,1-2H3,(H,29,34)/b28-23+. The highest BCUT2D eigenvalue weighted by molar-refractivity contribution is 7.99. The second-order valence-electron chi connectivity index (χ2n) is 7.63. The highest BCUT2D eigenvalue weighted by Crippen LogP contribution is 2.29. The van der Waals surface area contributed by atoms with E-state index in [-0.39, 0.29) is 17.4 Å². The molecule has 0 aliphatic rings. The first kappa shape index (κ1) is 25.3. The van der Waals surface area contributed by atoms with Crippen molar-refractivity contribution in [3.63, 3.8) is 0 Å². The SMILES string of the molecule is CC/C(=N\NC(=O)CSc1nnc(-c2ccc(OC)cc2)n1-c1ccc(Cl)cc1)c1ccc(O)cc1. The number of nitrogens with one attached hydrogen (secondary N) is 1. The summed E-state index contributed by atoms with van der Waals surface area (Å²) in [6.45, 7) is 1.95. The molecule has 4 aromatic rings. The summed E-state index contributed by atoms with van der Waals surface area (Å²) in [7, 11) is 1.61. The van der Waals surface area contributed by atoms with Gasteiger partial charge in [0.1, 0.15) is 11.5 Å². The molecule has 4 rings (SSSR count). The highest BCUT2D eigenvalue weighted by atomic mass is 35.5. The number of ether oxygens (including phenoxy) is 1. The minimum Gasteiger partial charge on any atom is -0.508 e. The fourth-order valence-electron chi connectivity index (χ4n) is 3.41. The second kappa shape index (κ2) is 11.7. The van der Waals surface area contributed by atoms with Crippen LogP contribution in [0, 0.1) is 0 Å². The molecule has 0 saturated carbocycles. The lowest BCUT2D eigenvalue weighted by Gasteiger charge is -2.11. The van der Waals surface area contributed by atoms with Gasteiger partial charge in [0.25, 0.3) is 5.91 Å². The lowest BCUT2D eigenvalue weighted by atomic mass is 10.1. The Bertz CT molecular complexity index is 1350. The van der Waals surface area contributed by atoms with Crippen LogP contribution in [0.3, 0.4) is 0 Å². The number of nitrogens with zero attached hydrogens (tertiary/aromatic N) is 4. The van der Waals surface area contributed by atoms with Crippen molar-refractivity contribution in [3.8, 4) is 28.6 Å². The molecule has 1 heterocycles. The van der Waals surface area contributed by atoms with E-state index in [2.05, 4.69) is 20.7 Å². The van der Waals surface area contributed by atoms with Crippen molar-refractivity contribution in [2.24, 2.45) is 5.10 Å². The normalized spacial score (nSPS) is 11.4. The third kappa shape index (κ3) is 6.05. The first-order valence-corrected chi connectivity index (χ1v) is 12.5. The predicted molar refractivity (Wildman–Crippen MR) is 142 cm³/mol. The van der Waals surface area contributed by atoms with Gasteiger partial charge in [0.15, 0.2) is 11.0 Å². The number of rotatable bonds is 9. The molecule has 36 heavy (non-hydrogen) atoms.